The molecule has 7 nitrogen and oxygen atoms in total. The summed E-state index contributed by atoms with van der Waals surface area (Å²) in [5, 5.41) is 8.96. The van der Waals surface area contributed by atoms with Gasteiger partial charge >= 0.3 is 0 Å². The molecule has 3 N–H and O–H groups in total. The Morgan fingerprint density at radius 3 is 3.03 bits per heavy atom. The molecule has 0 bridgehead atoms. The van der Waals surface area contributed by atoms with Crippen molar-refractivity contribution in [2.24, 2.45) is 12.8 Å². The minimum absolute atomic E-state index is 0.113. The quantitative estimate of drug-likeness (QED) is 0.546. The summed E-state index contributed by atoms with van der Waals surface area (Å²) < 4.78 is 36.0. The van der Waals surface area contributed by atoms with Gasteiger partial charge in [-0.05, 0) is 31.0 Å². The minimum atomic E-state index is -1.23. The molecule has 164 valence electrons. The highest BCUT2D eigenvalue weighted by atomic mass is 79.9. The summed E-state index contributed by atoms with van der Waals surface area (Å²) in [6.07, 6.45) is 0.792. The summed E-state index contributed by atoms with van der Waals surface area (Å²) >= 11 is 4.48. The number of anilines is 1. The first-order chi connectivity index (χ1) is 14.8. The standard InChI is InChI=1S/C20H20BrF2N5O2S/c1-28-18(17-5-4-14(24)13(23)8-30-17)15(7-25-28)26-19(29)16-9-31-20(27-16)11-6-10(21)2-3-12(11)22/h2-3,6-7,9,13-14,17H,4-5,8,24H2,1H3,(H,26,29). The first-order valence-electron chi connectivity index (χ1n) is 9.59. The highest BCUT2D eigenvalue weighted by Crippen LogP contribution is 2.33. The first-order valence-corrected chi connectivity index (χ1v) is 11.3. The van der Waals surface area contributed by atoms with E-state index in [4.69, 9.17) is 10.5 Å². The number of aromatic nitrogens is 3. The lowest BCUT2D eigenvalue weighted by molar-refractivity contribution is 0.0247. The zero-order valence-electron chi connectivity index (χ0n) is 16.5. The zero-order valence-corrected chi connectivity index (χ0v) is 18.9. The van der Waals surface area contributed by atoms with Crippen molar-refractivity contribution in [1.29, 1.82) is 0 Å². The molecular weight excluding hydrogens is 492 g/mol. The summed E-state index contributed by atoms with van der Waals surface area (Å²) in [6, 6.07) is 3.96. The Morgan fingerprint density at radius 1 is 1.42 bits per heavy atom. The van der Waals surface area contributed by atoms with Crippen LogP contribution in [0.15, 0.2) is 34.2 Å². The van der Waals surface area contributed by atoms with Crippen molar-refractivity contribution in [2.75, 3.05) is 11.9 Å². The number of thiazole rings is 1. The van der Waals surface area contributed by atoms with Crippen molar-refractivity contribution in [3.05, 3.63) is 51.5 Å². The number of halogens is 3. The molecule has 0 aliphatic carbocycles. The molecule has 3 atom stereocenters. The summed E-state index contributed by atoms with van der Waals surface area (Å²) in [4.78, 5) is 17.1. The van der Waals surface area contributed by atoms with Crippen LogP contribution in [0.1, 0.15) is 35.1 Å². The van der Waals surface area contributed by atoms with Crippen LogP contribution >= 0.6 is 27.3 Å². The summed E-state index contributed by atoms with van der Waals surface area (Å²) in [5.74, 6) is -0.880. The zero-order chi connectivity index (χ0) is 22.1. The van der Waals surface area contributed by atoms with E-state index in [1.54, 1.807) is 29.2 Å². The molecule has 3 unspecified atom stereocenters. The van der Waals surface area contributed by atoms with E-state index in [1.165, 1.54) is 23.6 Å². The number of aryl methyl sites for hydroxylation is 1. The number of hydrogen-bond acceptors (Lipinski definition) is 6. The van der Waals surface area contributed by atoms with E-state index in [-0.39, 0.29) is 12.3 Å². The number of benzene rings is 1. The maximum atomic E-state index is 14.1. The molecule has 2 aromatic heterocycles. The Morgan fingerprint density at radius 2 is 2.23 bits per heavy atom. The van der Waals surface area contributed by atoms with Crippen LogP contribution in [0.25, 0.3) is 10.6 Å². The fourth-order valence-corrected chi connectivity index (χ4v) is 4.61. The molecule has 3 heterocycles. The van der Waals surface area contributed by atoms with Crippen LogP contribution < -0.4 is 11.1 Å². The van der Waals surface area contributed by atoms with Gasteiger partial charge in [0.05, 0.1) is 24.2 Å². The lowest BCUT2D eigenvalue weighted by atomic mass is 10.0. The second-order valence-electron chi connectivity index (χ2n) is 7.26. The molecular formula is C20H20BrF2N5O2S. The second-order valence-corrected chi connectivity index (χ2v) is 9.04. The molecule has 0 saturated carbocycles. The van der Waals surface area contributed by atoms with Crippen molar-refractivity contribution < 1.29 is 18.3 Å². The van der Waals surface area contributed by atoms with Crippen LogP contribution in [0.4, 0.5) is 14.5 Å². The molecule has 1 aliphatic heterocycles. The largest absolute Gasteiger partial charge is 0.369 e. The van der Waals surface area contributed by atoms with Gasteiger partial charge in [0.25, 0.3) is 5.91 Å². The van der Waals surface area contributed by atoms with Gasteiger partial charge in [0.2, 0.25) is 0 Å². The average molecular weight is 512 g/mol. The average Bonchev–Trinajstić information content (AvgIpc) is 3.33. The van der Waals surface area contributed by atoms with Crippen molar-refractivity contribution in [2.45, 2.75) is 31.2 Å². The van der Waals surface area contributed by atoms with E-state index in [1.807, 2.05) is 0 Å². The van der Waals surface area contributed by atoms with Gasteiger partial charge < -0.3 is 15.8 Å². The maximum absolute atomic E-state index is 14.1. The molecule has 11 heteroatoms. The summed E-state index contributed by atoms with van der Waals surface area (Å²) in [7, 11) is 1.73. The van der Waals surface area contributed by atoms with E-state index >= 15 is 0 Å². The monoisotopic (exact) mass is 511 g/mol. The fourth-order valence-electron chi connectivity index (χ4n) is 3.43. The SMILES string of the molecule is Cn1ncc(NC(=O)c2csc(-c3cc(Br)ccc3F)n2)c1C1CCC(N)C(F)CO1. The smallest absolute Gasteiger partial charge is 0.275 e. The number of nitrogens with zero attached hydrogens (tertiary/aromatic N) is 3. The van der Waals surface area contributed by atoms with Gasteiger partial charge in [-0.15, -0.1) is 11.3 Å². The predicted octanol–water partition coefficient (Wildman–Crippen LogP) is 4.21. The Balaban J connectivity index is 1.54. The van der Waals surface area contributed by atoms with Crippen molar-refractivity contribution in [1.82, 2.24) is 14.8 Å². The molecule has 0 spiro atoms. The molecule has 1 aliphatic rings. The van der Waals surface area contributed by atoms with Crippen LogP contribution in [-0.2, 0) is 11.8 Å². The Labute approximate surface area is 189 Å². The van der Waals surface area contributed by atoms with Crippen LogP contribution in [0.5, 0.6) is 0 Å². The van der Waals surface area contributed by atoms with Gasteiger partial charge in [-0.3, -0.25) is 9.48 Å². The third kappa shape index (κ3) is 4.69. The number of carbonyl (C=O) groups excluding carboxylic acids is 1. The molecule has 31 heavy (non-hydrogen) atoms. The number of nitrogens with one attached hydrogen (secondary N) is 1. The Hall–Kier alpha value is -2.21. The molecule has 4 rings (SSSR count). The Bertz CT molecular complexity index is 1090. The number of rotatable bonds is 4. The van der Waals surface area contributed by atoms with Gasteiger partial charge in [0, 0.05) is 28.5 Å². The molecule has 1 amide bonds. The topological polar surface area (TPSA) is 95.1 Å². The maximum Gasteiger partial charge on any atom is 0.275 e. The highest BCUT2D eigenvalue weighted by Gasteiger charge is 2.30. The van der Waals surface area contributed by atoms with Crippen molar-refractivity contribution in [3.8, 4) is 10.6 Å². The molecule has 1 aromatic carbocycles. The van der Waals surface area contributed by atoms with Crippen molar-refractivity contribution >= 4 is 38.9 Å². The molecule has 1 fully saturated rings. The van der Waals surface area contributed by atoms with Crippen LogP contribution in [-0.4, -0.2) is 39.5 Å². The summed E-state index contributed by atoms with van der Waals surface area (Å²) in [5.41, 5.74) is 7.36. The van der Waals surface area contributed by atoms with Crippen LogP contribution in [0, 0.1) is 5.82 Å². The van der Waals surface area contributed by atoms with Gasteiger partial charge in [-0.25, -0.2) is 13.8 Å². The number of nitrogens with two attached hydrogens (primary N) is 1. The second kappa shape index (κ2) is 9.11. The van der Waals surface area contributed by atoms with Gasteiger partial charge in [0.15, 0.2) is 0 Å². The third-order valence-corrected chi connectivity index (χ3v) is 6.49. The van der Waals surface area contributed by atoms with Gasteiger partial charge in [0.1, 0.15) is 28.8 Å². The predicted molar refractivity (Wildman–Crippen MR) is 117 cm³/mol. The molecule has 0 radical (unpaired) electrons. The lowest BCUT2D eigenvalue weighted by Crippen LogP contribution is -2.32. The van der Waals surface area contributed by atoms with E-state index < -0.39 is 30.0 Å². The van der Waals surface area contributed by atoms with Crippen molar-refractivity contribution in [3.63, 3.8) is 0 Å². The van der Waals surface area contributed by atoms with Crippen LogP contribution in [0.2, 0.25) is 0 Å². The Kier molecular flexibility index (Phi) is 6.47. The minimum Gasteiger partial charge on any atom is -0.369 e. The van der Waals surface area contributed by atoms with E-state index in [0.29, 0.717) is 39.3 Å². The third-order valence-electron chi connectivity index (χ3n) is 5.12. The first kappa shape index (κ1) is 22.0. The van der Waals surface area contributed by atoms with Crippen LogP contribution in [0.3, 0.4) is 0 Å². The van der Waals surface area contributed by atoms with E-state index in [0.717, 1.165) is 0 Å². The highest BCUT2D eigenvalue weighted by molar-refractivity contribution is 9.10. The van der Waals surface area contributed by atoms with Gasteiger partial charge in [-0.2, -0.15) is 5.10 Å². The normalized spacial score (nSPS) is 21.6. The number of ether oxygens (including phenoxy) is 1. The molecule has 1 saturated heterocycles. The number of alkyl halides is 1. The van der Waals surface area contributed by atoms with Gasteiger partial charge in [-0.1, -0.05) is 15.9 Å². The number of amides is 1. The van der Waals surface area contributed by atoms with E-state index in [2.05, 4.69) is 31.3 Å². The van der Waals surface area contributed by atoms with E-state index in [9.17, 15) is 13.6 Å². The number of hydrogen-bond donors (Lipinski definition) is 2. The summed E-state index contributed by atoms with van der Waals surface area (Å²) in [6.45, 7) is -0.113. The molecule has 3 aromatic rings. The number of carbonyl (C=O) groups is 1. The lowest BCUT2D eigenvalue weighted by Gasteiger charge is -2.17. The fraction of sp³-hybridized carbons (Fsp3) is 0.350.